The number of nitrogens with one attached hydrogen (secondary N) is 1. The van der Waals surface area contributed by atoms with Crippen LogP contribution in [0.2, 0.25) is 5.02 Å². The lowest BCUT2D eigenvalue weighted by molar-refractivity contribution is 0.228. The van der Waals surface area contributed by atoms with Crippen molar-refractivity contribution in [2.45, 2.75) is 18.2 Å². The standard InChI is InChI=1S/C19H23ClN6OS/c1-14-12-17-16(13-15(14)20)23-19(27)26(28-17)7-3-6-24-8-10-25(11-9-24)18-21-4-2-5-22-18/h2,4-5,12-13H,3,6-11H2,1H3,(H,23,27). The normalized spacial score (nSPS) is 17.4. The summed E-state index contributed by atoms with van der Waals surface area (Å²) in [5.41, 5.74) is 1.81. The number of halogens is 1. The van der Waals surface area contributed by atoms with E-state index in [0.717, 1.165) is 61.2 Å². The number of carbonyl (C=O) groups is 1. The average molecular weight is 419 g/mol. The van der Waals surface area contributed by atoms with Crippen molar-refractivity contribution in [3.8, 4) is 0 Å². The Morgan fingerprint density at radius 3 is 2.64 bits per heavy atom. The molecule has 2 aliphatic heterocycles. The van der Waals surface area contributed by atoms with E-state index in [9.17, 15) is 4.79 Å². The van der Waals surface area contributed by atoms with Crippen molar-refractivity contribution in [2.75, 3.05) is 49.5 Å². The van der Waals surface area contributed by atoms with Crippen LogP contribution in [0.15, 0.2) is 35.5 Å². The minimum absolute atomic E-state index is 0.0801. The smallest absolute Gasteiger partial charge is 0.332 e. The van der Waals surface area contributed by atoms with E-state index in [4.69, 9.17) is 11.6 Å². The molecule has 0 atom stereocenters. The maximum absolute atomic E-state index is 12.4. The molecule has 0 aliphatic carbocycles. The molecule has 2 aromatic rings. The van der Waals surface area contributed by atoms with Gasteiger partial charge in [0.05, 0.1) is 10.6 Å². The molecule has 3 heterocycles. The van der Waals surface area contributed by atoms with Gasteiger partial charge in [0, 0.05) is 56.7 Å². The molecular weight excluding hydrogens is 396 g/mol. The number of hydrogen-bond donors (Lipinski definition) is 1. The van der Waals surface area contributed by atoms with Gasteiger partial charge in [0.25, 0.3) is 0 Å². The predicted octanol–water partition coefficient (Wildman–Crippen LogP) is 3.51. The first kappa shape index (κ1) is 19.3. The Kier molecular flexibility index (Phi) is 5.89. The van der Waals surface area contributed by atoms with Crippen LogP contribution in [0.4, 0.5) is 16.4 Å². The lowest BCUT2D eigenvalue weighted by Crippen LogP contribution is -2.47. The van der Waals surface area contributed by atoms with Gasteiger partial charge in [-0.15, -0.1) is 0 Å². The van der Waals surface area contributed by atoms with E-state index in [1.165, 1.54) is 11.9 Å². The molecule has 0 unspecified atom stereocenters. The highest BCUT2D eigenvalue weighted by Gasteiger charge is 2.25. The van der Waals surface area contributed by atoms with Crippen LogP contribution < -0.4 is 10.2 Å². The Hall–Kier alpha value is -2.03. The molecule has 4 rings (SSSR count). The number of amides is 2. The lowest BCUT2D eigenvalue weighted by Gasteiger charge is -2.35. The number of rotatable bonds is 5. The number of aryl methyl sites for hydroxylation is 1. The molecule has 1 N–H and O–H groups in total. The molecular formula is C19H23ClN6OS. The Morgan fingerprint density at radius 2 is 1.89 bits per heavy atom. The number of fused-ring (bicyclic) bond motifs is 1. The first-order valence-electron chi connectivity index (χ1n) is 9.41. The van der Waals surface area contributed by atoms with Crippen LogP contribution in [0.25, 0.3) is 0 Å². The van der Waals surface area contributed by atoms with Crippen molar-refractivity contribution in [1.29, 1.82) is 0 Å². The SMILES string of the molecule is Cc1cc2c(cc1Cl)NC(=O)N(CCCN1CCN(c3ncccn3)CC1)S2. The number of anilines is 2. The molecule has 28 heavy (non-hydrogen) atoms. The third-order valence-corrected chi connectivity index (χ3v) is 6.49. The van der Waals surface area contributed by atoms with Gasteiger partial charge in [-0.2, -0.15) is 0 Å². The minimum atomic E-state index is -0.0801. The third-order valence-electron chi connectivity index (χ3n) is 4.98. The molecule has 1 saturated heterocycles. The molecule has 9 heteroatoms. The van der Waals surface area contributed by atoms with Crippen molar-refractivity contribution in [3.63, 3.8) is 0 Å². The van der Waals surface area contributed by atoms with Gasteiger partial charge >= 0.3 is 6.03 Å². The fourth-order valence-electron chi connectivity index (χ4n) is 3.38. The zero-order valence-corrected chi connectivity index (χ0v) is 17.3. The van der Waals surface area contributed by atoms with Crippen molar-refractivity contribution in [1.82, 2.24) is 19.2 Å². The lowest BCUT2D eigenvalue weighted by atomic mass is 10.2. The molecule has 1 aromatic heterocycles. The van der Waals surface area contributed by atoms with Crippen LogP contribution >= 0.6 is 23.5 Å². The van der Waals surface area contributed by atoms with Crippen molar-refractivity contribution in [2.24, 2.45) is 0 Å². The quantitative estimate of drug-likeness (QED) is 0.749. The molecule has 2 aliphatic rings. The highest BCUT2D eigenvalue weighted by atomic mass is 35.5. The second-order valence-electron chi connectivity index (χ2n) is 6.95. The number of hydrogen-bond acceptors (Lipinski definition) is 6. The van der Waals surface area contributed by atoms with Crippen LogP contribution in [0, 0.1) is 6.92 Å². The molecule has 1 aromatic carbocycles. The number of carbonyl (C=O) groups excluding carboxylic acids is 1. The number of nitrogens with zero attached hydrogens (tertiary/aromatic N) is 5. The third kappa shape index (κ3) is 4.34. The Morgan fingerprint density at radius 1 is 1.14 bits per heavy atom. The van der Waals surface area contributed by atoms with Gasteiger partial charge in [-0.1, -0.05) is 11.6 Å². The Balaban J connectivity index is 1.24. The van der Waals surface area contributed by atoms with Gasteiger partial charge in [0.15, 0.2) is 0 Å². The monoisotopic (exact) mass is 418 g/mol. The fourth-order valence-corrected chi connectivity index (χ4v) is 4.56. The predicted molar refractivity (Wildman–Crippen MR) is 113 cm³/mol. The van der Waals surface area contributed by atoms with E-state index in [0.29, 0.717) is 11.6 Å². The van der Waals surface area contributed by atoms with Crippen molar-refractivity contribution >= 4 is 41.2 Å². The van der Waals surface area contributed by atoms with Crippen molar-refractivity contribution < 1.29 is 4.79 Å². The van der Waals surface area contributed by atoms with Crippen LogP contribution in [-0.4, -0.2) is 64.5 Å². The van der Waals surface area contributed by atoms with E-state index >= 15 is 0 Å². The molecule has 0 saturated carbocycles. The summed E-state index contributed by atoms with van der Waals surface area (Å²) in [6.07, 6.45) is 4.50. The van der Waals surface area contributed by atoms with Crippen molar-refractivity contribution in [3.05, 3.63) is 41.2 Å². The summed E-state index contributed by atoms with van der Waals surface area (Å²) in [6.45, 7) is 7.48. The van der Waals surface area contributed by atoms with Gasteiger partial charge in [-0.3, -0.25) is 9.21 Å². The van der Waals surface area contributed by atoms with Gasteiger partial charge in [0.2, 0.25) is 5.95 Å². The van der Waals surface area contributed by atoms with Crippen LogP contribution in [-0.2, 0) is 0 Å². The van der Waals surface area contributed by atoms with E-state index in [1.807, 2.05) is 25.1 Å². The summed E-state index contributed by atoms with van der Waals surface area (Å²) >= 11 is 7.65. The number of piperazine rings is 1. The molecule has 0 bridgehead atoms. The molecule has 7 nitrogen and oxygen atoms in total. The second-order valence-corrected chi connectivity index (χ2v) is 8.42. The first-order chi connectivity index (χ1) is 13.6. The van der Waals surface area contributed by atoms with Gasteiger partial charge in [-0.25, -0.2) is 14.8 Å². The Labute approximate surface area is 174 Å². The van der Waals surface area contributed by atoms with Crippen LogP contribution in [0.5, 0.6) is 0 Å². The topological polar surface area (TPSA) is 64.6 Å². The summed E-state index contributed by atoms with van der Waals surface area (Å²) in [7, 11) is 0. The largest absolute Gasteiger partial charge is 0.338 e. The van der Waals surface area contributed by atoms with Crippen LogP contribution in [0.3, 0.4) is 0 Å². The maximum Gasteiger partial charge on any atom is 0.332 e. The number of benzene rings is 1. The molecule has 0 radical (unpaired) electrons. The zero-order chi connectivity index (χ0) is 19.5. The summed E-state index contributed by atoms with van der Waals surface area (Å²) in [6, 6.07) is 5.61. The first-order valence-corrected chi connectivity index (χ1v) is 10.6. The van der Waals surface area contributed by atoms with Gasteiger partial charge < -0.3 is 10.2 Å². The summed E-state index contributed by atoms with van der Waals surface area (Å²) < 4.78 is 1.80. The highest BCUT2D eigenvalue weighted by molar-refractivity contribution is 7.97. The average Bonchev–Trinajstić information content (AvgIpc) is 2.71. The highest BCUT2D eigenvalue weighted by Crippen LogP contribution is 2.38. The molecule has 0 spiro atoms. The minimum Gasteiger partial charge on any atom is -0.338 e. The zero-order valence-electron chi connectivity index (χ0n) is 15.8. The molecule has 1 fully saturated rings. The summed E-state index contributed by atoms with van der Waals surface area (Å²) in [5, 5.41) is 3.61. The second kappa shape index (κ2) is 8.55. The van der Waals surface area contributed by atoms with E-state index < -0.39 is 0 Å². The number of urea groups is 1. The number of aromatic nitrogens is 2. The van der Waals surface area contributed by atoms with E-state index in [-0.39, 0.29) is 6.03 Å². The van der Waals surface area contributed by atoms with E-state index in [2.05, 4.69) is 25.1 Å². The van der Waals surface area contributed by atoms with Gasteiger partial charge in [0.1, 0.15) is 0 Å². The Bertz CT molecular complexity index is 844. The van der Waals surface area contributed by atoms with E-state index in [1.54, 1.807) is 16.7 Å². The summed E-state index contributed by atoms with van der Waals surface area (Å²) in [4.78, 5) is 26.7. The maximum atomic E-state index is 12.4. The molecule has 2 amide bonds. The fraction of sp³-hybridized carbons (Fsp3) is 0.421. The van der Waals surface area contributed by atoms with Gasteiger partial charge in [-0.05, 0) is 49.1 Å². The van der Waals surface area contributed by atoms with Crippen LogP contribution in [0.1, 0.15) is 12.0 Å². The summed E-state index contributed by atoms with van der Waals surface area (Å²) in [5.74, 6) is 0.803. The molecule has 148 valence electrons.